The number of hydrogen-bond acceptors (Lipinski definition) is 4. The van der Waals surface area contributed by atoms with Crippen LogP contribution in [0.2, 0.25) is 0 Å². The molecule has 4 rings (SSSR count). The molecule has 2 heterocycles. The minimum Gasteiger partial charge on any atom is -0.495 e. The van der Waals surface area contributed by atoms with E-state index in [0.29, 0.717) is 24.1 Å². The SMILES string of the molecule is COc1ccccc1N1CCN(CC(=O)N2CCSC(c3ccccc3C)CC2)C1=O. The van der Waals surface area contributed by atoms with E-state index in [9.17, 15) is 9.59 Å². The van der Waals surface area contributed by atoms with Crippen LogP contribution in [-0.4, -0.2) is 67.3 Å². The Balaban J connectivity index is 1.36. The van der Waals surface area contributed by atoms with Crippen molar-refractivity contribution in [2.75, 3.05) is 50.5 Å². The van der Waals surface area contributed by atoms with Crippen LogP contribution in [-0.2, 0) is 4.79 Å². The molecule has 2 aliphatic heterocycles. The fraction of sp³-hybridized carbons (Fsp3) is 0.417. The van der Waals surface area contributed by atoms with Crippen LogP contribution in [0.15, 0.2) is 48.5 Å². The predicted molar refractivity (Wildman–Crippen MR) is 125 cm³/mol. The van der Waals surface area contributed by atoms with Gasteiger partial charge in [0.25, 0.3) is 0 Å². The van der Waals surface area contributed by atoms with Gasteiger partial charge >= 0.3 is 6.03 Å². The van der Waals surface area contributed by atoms with E-state index in [2.05, 4.69) is 31.2 Å². The van der Waals surface area contributed by atoms with Crippen LogP contribution in [0, 0.1) is 6.92 Å². The van der Waals surface area contributed by atoms with Gasteiger partial charge in [-0.2, -0.15) is 11.8 Å². The number of benzene rings is 2. The molecule has 1 unspecified atom stereocenters. The minimum atomic E-state index is -0.139. The van der Waals surface area contributed by atoms with Crippen LogP contribution in [0.25, 0.3) is 0 Å². The van der Waals surface area contributed by atoms with Crippen molar-refractivity contribution >= 4 is 29.4 Å². The van der Waals surface area contributed by atoms with Crippen molar-refractivity contribution in [2.45, 2.75) is 18.6 Å². The first-order valence-corrected chi connectivity index (χ1v) is 11.8. The summed E-state index contributed by atoms with van der Waals surface area (Å²) in [6.45, 7) is 4.82. The highest BCUT2D eigenvalue weighted by molar-refractivity contribution is 7.99. The first-order chi connectivity index (χ1) is 15.1. The van der Waals surface area contributed by atoms with Gasteiger partial charge < -0.3 is 14.5 Å². The Morgan fingerprint density at radius 2 is 1.84 bits per heavy atom. The van der Waals surface area contributed by atoms with E-state index in [-0.39, 0.29) is 18.5 Å². The van der Waals surface area contributed by atoms with Crippen LogP contribution < -0.4 is 9.64 Å². The molecule has 0 radical (unpaired) electrons. The van der Waals surface area contributed by atoms with E-state index in [0.717, 1.165) is 31.0 Å². The molecule has 0 N–H and O–H groups in total. The lowest BCUT2D eigenvalue weighted by Gasteiger charge is -2.24. The first kappa shape index (κ1) is 21.6. The number of nitrogens with zero attached hydrogens (tertiary/aromatic N) is 3. The van der Waals surface area contributed by atoms with Gasteiger partial charge in [-0.05, 0) is 36.6 Å². The average Bonchev–Trinajstić information content (AvgIpc) is 2.99. The molecule has 7 heteroatoms. The van der Waals surface area contributed by atoms with Crippen molar-refractivity contribution in [1.82, 2.24) is 9.80 Å². The van der Waals surface area contributed by atoms with Crippen molar-refractivity contribution in [3.63, 3.8) is 0 Å². The molecule has 0 spiro atoms. The zero-order chi connectivity index (χ0) is 21.8. The van der Waals surface area contributed by atoms with Crippen LogP contribution in [0.4, 0.5) is 10.5 Å². The molecule has 164 valence electrons. The van der Waals surface area contributed by atoms with Gasteiger partial charge in [-0.25, -0.2) is 4.79 Å². The number of carbonyl (C=O) groups excluding carboxylic acids is 2. The summed E-state index contributed by atoms with van der Waals surface area (Å²) in [6, 6.07) is 15.8. The molecule has 0 aliphatic carbocycles. The van der Waals surface area contributed by atoms with E-state index in [1.165, 1.54) is 11.1 Å². The molecular weight excluding hydrogens is 410 g/mol. The highest BCUT2D eigenvalue weighted by Crippen LogP contribution is 2.36. The van der Waals surface area contributed by atoms with Crippen molar-refractivity contribution in [2.24, 2.45) is 0 Å². The maximum Gasteiger partial charge on any atom is 0.325 e. The number of aryl methyl sites for hydroxylation is 1. The first-order valence-electron chi connectivity index (χ1n) is 10.7. The fourth-order valence-electron chi connectivity index (χ4n) is 4.29. The topological polar surface area (TPSA) is 53.1 Å². The van der Waals surface area contributed by atoms with Crippen LogP contribution in [0.1, 0.15) is 22.8 Å². The van der Waals surface area contributed by atoms with Crippen LogP contribution >= 0.6 is 11.8 Å². The molecule has 1 atom stereocenters. The average molecular weight is 440 g/mol. The third-order valence-corrected chi connectivity index (χ3v) is 7.34. The quantitative estimate of drug-likeness (QED) is 0.708. The van der Waals surface area contributed by atoms with Crippen molar-refractivity contribution in [1.29, 1.82) is 0 Å². The standard InChI is InChI=1S/C24H29N3O3S/c1-18-7-3-4-8-19(18)22-11-12-25(15-16-31-22)23(28)17-26-13-14-27(24(26)29)20-9-5-6-10-21(20)30-2/h3-10,22H,11-17H2,1-2H3. The Morgan fingerprint density at radius 1 is 1.06 bits per heavy atom. The molecule has 0 saturated carbocycles. The third kappa shape index (κ3) is 4.66. The molecule has 6 nitrogen and oxygen atoms in total. The molecule has 2 fully saturated rings. The maximum atomic E-state index is 13.0. The van der Waals surface area contributed by atoms with E-state index < -0.39 is 0 Å². The largest absolute Gasteiger partial charge is 0.495 e. The van der Waals surface area contributed by atoms with E-state index in [4.69, 9.17) is 4.74 Å². The minimum absolute atomic E-state index is 0.0289. The lowest BCUT2D eigenvalue weighted by molar-refractivity contribution is -0.131. The van der Waals surface area contributed by atoms with E-state index >= 15 is 0 Å². The molecule has 0 aromatic heterocycles. The van der Waals surface area contributed by atoms with Gasteiger partial charge in [0.15, 0.2) is 0 Å². The van der Waals surface area contributed by atoms with Crippen LogP contribution in [0.5, 0.6) is 5.75 Å². The Morgan fingerprint density at radius 3 is 2.65 bits per heavy atom. The zero-order valence-corrected chi connectivity index (χ0v) is 18.9. The van der Waals surface area contributed by atoms with Crippen molar-refractivity contribution in [3.8, 4) is 5.75 Å². The van der Waals surface area contributed by atoms with Gasteiger partial charge in [-0.15, -0.1) is 0 Å². The molecule has 0 bridgehead atoms. The molecule has 2 aromatic carbocycles. The second kappa shape index (κ2) is 9.64. The molecule has 2 aliphatic rings. The predicted octanol–water partition coefficient (Wildman–Crippen LogP) is 3.95. The smallest absolute Gasteiger partial charge is 0.325 e. The van der Waals surface area contributed by atoms with Crippen molar-refractivity contribution in [3.05, 3.63) is 59.7 Å². The van der Waals surface area contributed by atoms with Gasteiger partial charge in [-0.3, -0.25) is 9.69 Å². The Labute approximate surface area is 188 Å². The van der Waals surface area contributed by atoms with Crippen molar-refractivity contribution < 1.29 is 14.3 Å². The number of amides is 3. The highest BCUT2D eigenvalue weighted by Gasteiger charge is 2.33. The fourth-order valence-corrected chi connectivity index (χ4v) is 5.61. The molecule has 31 heavy (non-hydrogen) atoms. The van der Waals surface area contributed by atoms with Gasteiger partial charge in [0.1, 0.15) is 12.3 Å². The van der Waals surface area contributed by atoms with Gasteiger partial charge in [0, 0.05) is 37.2 Å². The molecule has 2 aromatic rings. The zero-order valence-electron chi connectivity index (χ0n) is 18.1. The summed E-state index contributed by atoms with van der Waals surface area (Å²) in [7, 11) is 1.60. The maximum absolute atomic E-state index is 13.0. The summed E-state index contributed by atoms with van der Waals surface area (Å²) in [5.41, 5.74) is 3.42. The van der Waals surface area contributed by atoms with Gasteiger partial charge in [-0.1, -0.05) is 36.4 Å². The summed E-state index contributed by atoms with van der Waals surface area (Å²) < 4.78 is 5.40. The number of anilines is 1. The Hall–Kier alpha value is -2.67. The summed E-state index contributed by atoms with van der Waals surface area (Å²) in [6.07, 6.45) is 0.933. The summed E-state index contributed by atoms with van der Waals surface area (Å²) >= 11 is 1.92. The summed E-state index contributed by atoms with van der Waals surface area (Å²) in [5, 5.41) is 0.411. The molecule has 3 amide bonds. The number of urea groups is 1. The Bertz CT molecular complexity index is 951. The van der Waals surface area contributed by atoms with Crippen LogP contribution in [0.3, 0.4) is 0 Å². The number of para-hydroxylation sites is 2. The molecular formula is C24H29N3O3S. The monoisotopic (exact) mass is 439 g/mol. The van der Waals surface area contributed by atoms with Gasteiger partial charge in [0.2, 0.25) is 5.91 Å². The van der Waals surface area contributed by atoms with E-state index in [1.54, 1.807) is 16.9 Å². The summed E-state index contributed by atoms with van der Waals surface area (Å²) in [5.74, 6) is 1.60. The molecule has 2 saturated heterocycles. The lowest BCUT2D eigenvalue weighted by atomic mass is 10.0. The number of hydrogen-bond donors (Lipinski definition) is 0. The second-order valence-corrected chi connectivity index (χ2v) is 9.22. The third-order valence-electron chi connectivity index (χ3n) is 6.03. The number of ether oxygens (including phenoxy) is 1. The second-order valence-electron chi connectivity index (χ2n) is 7.91. The van der Waals surface area contributed by atoms with E-state index in [1.807, 2.05) is 40.9 Å². The lowest BCUT2D eigenvalue weighted by Crippen LogP contribution is -2.43. The highest BCUT2D eigenvalue weighted by atomic mass is 32.2. The normalized spacial score (nSPS) is 19.5. The number of carbonyl (C=O) groups is 2. The number of rotatable bonds is 5. The Kier molecular flexibility index (Phi) is 6.70. The number of methoxy groups -OCH3 is 1. The summed E-state index contributed by atoms with van der Waals surface area (Å²) in [4.78, 5) is 31.2. The number of thioether (sulfide) groups is 1. The van der Waals surface area contributed by atoms with Gasteiger partial charge in [0.05, 0.1) is 12.8 Å².